The number of rotatable bonds is 3. The first kappa shape index (κ1) is 15.4. The number of hydrogen-bond donors (Lipinski definition) is 2. The summed E-state index contributed by atoms with van der Waals surface area (Å²) in [5.41, 5.74) is 2.98. The van der Waals surface area contributed by atoms with E-state index in [0.29, 0.717) is 0 Å². The number of amides is 1. The van der Waals surface area contributed by atoms with E-state index < -0.39 is 0 Å². The van der Waals surface area contributed by atoms with E-state index in [-0.39, 0.29) is 11.9 Å². The molecule has 0 aliphatic carbocycles. The van der Waals surface area contributed by atoms with Crippen LogP contribution < -0.4 is 10.6 Å². The Hall–Kier alpha value is -2.14. The minimum absolute atomic E-state index is 0.0571. The first-order valence-electron chi connectivity index (χ1n) is 9.00. The second-order valence-electron chi connectivity index (χ2n) is 6.76. The first-order chi connectivity index (χ1) is 11.8. The van der Waals surface area contributed by atoms with Gasteiger partial charge in [0, 0.05) is 30.4 Å². The molecule has 2 aliphatic rings. The maximum atomic E-state index is 12.3. The number of nitrogens with zero attached hydrogens (tertiary/aromatic N) is 2. The molecule has 4 rings (SSSR count). The quantitative estimate of drug-likeness (QED) is 0.912. The largest absolute Gasteiger partial charge is 0.334 e. The van der Waals surface area contributed by atoms with E-state index in [4.69, 9.17) is 4.98 Å². The Morgan fingerprint density at radius 1 is 1.17 bits per heavy atom. The number of aromatic nitrogens is 2. The normalized spacial score (nSPS) is 20.4. The second-order valence-corrected chi connectivity index (χ2v) is 6.76. The summed E-state index contributed by atoms with van der Waals surface area (Å²) in [7, 11) is 0. The number of carbonyl (C=O) groups is 1. The lowest BCUT2D eigenvalue weighted by atomic mass is 10.0. The van der Waals surface area contributed by atoms with Crippen molar-refractivity contribution in [3.8, 4) is 11.3 Å². The Morgan fingerprint density at radius 2 is 2.04 bits per heavy atom. The molecule has 0 saturated carbocycles. The van der Waals surface area contributed by atoms with Crippen LogP contribution in [0.5, 0.6) is 0 Å². The first-order valence-corrected chi connectivity index (χ1v) is 9.00. The van der Waals surface area contributed by atoms with Gasteiger partial charge in [-0.2, -0.15) is 0 Å². The van der Waals surface area contributed by atoms with Gasteiger partial charge in [0.2, 0.25) is 5.91 Å². The standard InChI is InChI=1S/C19H24N4O/c24-19(16-5-1-3-11-20-16)21-15-9-7-14(8-10-15)17-13-23-12-4-2-6-18(23)22-17/h7-10,13,16,20H,1-6,11-12H2,(H,21,24)/t16-/m1/s1. The molecule has 1 aromatic heterocycles. The molecule has 5 heteroatoms. The number of aryl methyl sites for hydroxylation is 2. The van der Waals surface area contributed by atoms with Gasteiger partial charge in [-0.05, 0) is 44.4 Å². The van der Waals surface area contributed by atoms with Crippen LogP contribution in [-0.4, -0.2) is 28.0 Å². The number of carbonyl (C=O) groups excluding carboxylic acids is 1. The average Bonchev–Trinajstić information content (AvgIpc) is 3.07. The number of piperidine rings is 1. The SMILES string of the molecule is O=C(Nc1ccc(-c2cn3c(n2)CCCC3)cc1)[C@H]1CCCCN1. The number of anilines is 1. The lowest BCUT2D eigenvalue weighted by Crippen LogP contribution is -2.43. The minimum atomic E-state index is -0.0571. The van der Waals surface area contributed by atoms with E-state index >= 15 is 0 Å². The van der Waals surface area contributed by atoms with Crippen molar-refractivity contribution in [1.82, 2.24) is 14.9 Å². The van der Waals surface area contributed by atoms with Crippen LogP contribution in [0.15, 0.2) is 30.5 Å². The summed E-state index contributed by atoms with van der Waals surface area (Å²) in [6.45, 7) is 2.01. The molecule has 0 spiro atoms. The lowest BCUT2D eigenvalue weighted by Gasteiger charge is -2.22. The number of nitrogens with one attached hydrogen (secondary N) is 2. The third kappa shape index (κ3) is 3.22. The van der Waals surface area contributed by atoms with Crippen molar-refractivity contribution in [2.24, 2.45) is 0 Å². The summed E-state index contributed by atoms with van der Waals surface area (Å²) in [5.74, 6) is 1.26. The van der Waals surface area contributed by atoms with Gasteiger partial charge < -0.3 is 15.2 Å². The van der Waals surface area contributed by atoms with Crippen LogP contribution in [-0.2, 0) is 17.8 Å². The van der Waals surface area contributed by atoms with Crippen molar-refractivity contribution in [3.05, 3.63) is 36.3 Å². The minimum Gasteiger partial charge on any atom is -0.334 e. The van der Waals surface area contributed by atoms with Crippen molar-refractivity contribution in [3.63, 3.8) is 0 Å². The van der Waals surface area contributed by atoms with E-state index in [1.54, 1.807) is 0 Å². The highest BCUT2D eigenvalue weighted by atomic mass is 16.2. The van der Waals surface area contributed by atoms with Crippen LogP contribution in [0.4, 0.5) is 5.69 Å². The average molecular weight is 324 g/mol. The molecule has 2 aromatic rings. The Morgan fingerprint density at radius 3 is 2.79 bits per heavy atom. The molecular weight excluding hydrogens is 300 g/mol. The molecular formula is C19H24N4O. The molecule has 1 aromatic carbocycles. The van der Waals surface area contributed by atoms with Crippen LogP contribution in [0, 0.1) is 0 Å². The van der Waals surface area contributed by atoms with Gasteiger partial charge in [0.1, 0.15) is 5.82 Å². The predicted octanol–water partition coefficient (Wildman–Crippen LogP) is 2.97. The van der Waals surface area contributed by atoms with Crippen molar-refractivity contribution in [1.29, 1.82) is 0 Å². The molecule has 5 nitrogen and oxygen atoms in total. The van der Waals surface area contributed by atoms with Crippen molar-refractivity contribution >= 4 is 11.6 Å². The highest BCUT2D eigenvalue weighted by Gasteiger charge is 2.20. The van der Waals surface area contributed by atoms with E-state index in [0.717, 1.165) is 55.7 Å². The maximum absolute atomic E-state index is 12.3. The zero-order chi connectivity index (χ0) is 16.4. The van der Waals surface area contributed by atoms with Crippen LogP contribution in [0.2, 0.25) is 0 Å². The van der Waals surface area contributed by atoms with E-state index in [1.807, 2.05) is 24.3 Å². The Balaban J connectivity index is 1.44. The highest BCUT2D eigenvalue weighted by molar-refractivity contribution is 5.95. The van der Waals surface area contributed by atoms with Crippen molar-refractivity contribution < 1.29 is 4.79 Å². The lowest BCUT2D eigenvalue weighted by molar-refractivity contribution is -0.118. The molecule has 2 N–H and O–H groups in total. The van der Waals surface area contributed by atoms with Gasteiger partial charge >= 0.3 is 0 Å². The van der Waals surface area contributed by atoms with Gasteiger partial charge in [-0.3, -0.25) is 4.79 Å². The monoisotopic (exact) mass is 324 g/mol. The number of imidazole rings is 1. The van der Waals surface area contributed by atoms with Gasteiger partial charge in [-0.1, -0.05) is 18.6 Å². The second kappa shape index (κ2) is 6.77. The highest BCUT2D eigenvalue weighted by Crippen LogP contribution is 2.24. The molecule has 2 aliphatic heterocycles. The third-order valence-corrected chi connectivity index (χ3v) is 4.98. The van der Waals surface area contributed by atoms with Gasteiger partial charge in [0.15, 0.2) is 0 Å². The third-order valence-electron chi connectivity index (χ3n) is 4.98. The smallest absolute Gasteiger partial charge is 0.241 e. The zero-order valence-electron chi connectivity index (χ0n) is 13.9. The van der Waals surface area contributed by atoms with E-state index in [1.165, 1.54) is 18.7 Å². The summed E-state index contributed by atoms with van der Waals surface area (Å²) < 4.78 is 2.27. The Labute approximate surface area is 142 Å². The summed E-state index contributed by atoms with van der Waals surface area (Å²) in [4.78, 5) is 17.0. The molecule has 3 heterocycles. The summed E-state index contributed by atoms with van der Waals surface area (Å²) in [6.07, 6.45) is 8.89. The Bertz CT molecular complexity index is 690. The van der Waals surface area contributed by atoms with Crippen LogP contribution in [0.3, 0.4) is 0 Å². The fourth-order valence-electron chi connectivity index (χ4n) is 3.58. The molecule has 1 amide bonds. The fourth-order valence-corrected chi connectivity index (χ4v) is 3.58. The topological polar surface area (TPSA) is 59.0 Å². The zero-order valence-corrected chi connectivity index (χ0v) is 13.9. The molecule has 126 valence electrons. The molecule has 1 saturated heterocycles. The predicted molar refractivity (Wildman–Crippen MR) is 94.9 cm³/mol. The number of benzene rings is 1. The van der Waals surface area contributed by atoms with Gasteiger partial charge in [-0.15, -0.1) is 0 Å². The molecule has 24 heavy (non-hydrogen) atoms. The van der Waals surface area contributed by atoms with Gasteiger partial charge in [0.05, 0.1) is 11.7 Å². The van der Waals surface area contributed by atoms with Gasteiger partial charge in [0.25, 0.3) is 0 Å². The summed E-state index contributed by atoms with van der Waals surface area (Å²) >= 11 is 0. The van der Waals surface area contributed by atoms with E-state index in [2.05, 4.69) is 21.4 Å². The van der Waals surface area contributed by atoms with Crippen LogP contribution >= 0.6 is 0 Å². The molecule has 1 fully saturated rings. The summed E-state index contributed by atoms with van der Waals surface area (Å²) in [5, 5.41) is 6.29. The number of hydrogen-bond acceptors (Lipinski definition) is 3. The Kier molecular flexibility index (Phi) is 4.34. The van der Waals surface area contributed by atoms with Crippen molar-refractivity contribution in [2.45, 2.75) is 51.1 Å². The molecule has 0 unspecified atom stereocenters. The van der Waals surface area contributed by atoms with Gasteiger partial charge in [-0.25, -0.2) is 4.98 Å². The molecule has 1 atom stereocenters. The maximum Gasteiger partial charge on any atom is 0.241 e. The van der Waals surface area contributed by atoms with Crippen LogP contribution in [0.1, 0.15) is 37.9 Å². The summed E-state index contributed by atoms with van der Waals surface area (Å²) in [6, 6.07) is 7.96. The molecule has 0 radical (unpaired) electrons. The van der Waals surface area contributed by atoms with Crippen molar-refractivity contribution in [2.75, 3.05) is 11.9 Å². The molecule has 0 bridgehead atoms. The number of fused-ring (bicyclic) bond motifs is 1. The van der Waals surface area contributed by atoms with Crippen LogP contribution in [0.25, 0.3) is 11.3 Å². The fraction of sp³-hybridized carbons (Fsp3) is 0.474. The van der Waals surface area contributed by atoms with E-state index in [9.17, 15) is 4.79 Å².